The van der Waals surface area contributed by atoms with Gasteiger partial charge < -0.3 is 15.3 Å². The van der Waals surface area contributed by atoms with E-state index in [2.05, 4.69) is 27.1 Å². The van der Waals surface area contributed by atoms with E-state index in [1.54, 1.807) is 17.5 Å². The van der Waals surface area contributed by atoms with Gasteiger partial charge in [-0.25, -0.2) is 4.98 Å². The van der Waals surface area contributed by atoms with Gasteiger partial charge in [0, 0.05) is 50.7 Å². The Balaban J connectivity index is 0.000000745. The van der Waals surface area contributed by atoms with Crippen molar-refractivity contribution in [3.05, 3.63) is 16.6 Å². The molecule has 2 rings (SSSR count). The Hall–Kier alpha value is -1.51. The summed E-state index contributed by atoms with van der Waals surface area (Å²) in [6, 6.07) is -0.0370. The average molecular weight is 328 g/mol. The first-order valence-corrected chi connectivity index (χ1v) is 8.13. The Bertz CT molecular complexity index is 433. The van der Waals surface area contributed by atoms with Crippen LogP contribution in [0.3, 0.4) is 0 Å². The van der Waals surface area contributed by atoms with Crippen LogP contribution < -0.4 is 5.32 Å². The summed E-state index contributed by atoms with van der Waals surface area (Å²) >= 11 is 1.63. The molecule has 0 aliphatic carbocycles. The van der Waals surface area contributed by atoms with Gasteiger partial charge in [-0.1, -0.05) is 0 Å². The number of aromatic nitrogens is 1. The fraction of sp³-hybridized carbons (Fsp3) is 0.643. The van der Waals surface area contributed by atoms with Crippen molar-refractivity contribution in [2.75, 3.05) is 39.8 Å². The maximum atomic E-state index is 12.1. The molecule has 1 saturated heterocycles. The van der Waals surface area contributed by atoms with E-state index in [1.165, 1.54) is 0 Å². The summed E-state index contributed by atoms with van der Waals surface area (Å²) in [6.45, 7) is 6.43. The van der Waals surface area contributed by atoms with E-state index in [-0.39, 0.29) is 18.4 Å². The zero-order valence-corrected chi connectivity index (χ0v) is 13.9. The molecule has 0 radical (unpaired) electrons. The summed E-state index contributed by atoms with van der Waals surface area (Å²) in [6.07, 6.45) is 2.62. The molecule has 124 valence electrons. The minimum absolute atomic E-state index is 0.0370. The number of carbonyl (C=O) groups excluding carboxylic acids is 1. The van der Waals surface area contributed by atoms with Crippen LogP contribution in [0.4, 0.5) is 0 Å². The highest BCUT2D eigenvalue weighted by Crippen LogP contribution is 2.06. The summed E-state index contributed by atoms with van der Waals surface area (Å²) in [7, 11) is 2.12. The second-order valence-electron chi connectivity index (χ2n) is 5.09. The van der Waals surface area contributed by atoms with Gasteiger partial charge in [-0.2, -0.15) is 0 Å². The Morgan fingerprint density at radius 3 is 2.68 bits per heavy atom. The number of piperazine rings is 1. The second-order valence-corrected chi connectivity index (χ2v) is 6.07. The fourth-order valence-corrected chi connectivity index (χ4v) is 2.81. The molecule has 1 fully saturated rings. The van der Waals surface area contributed by atoms with Crippen molar-refractivity contribution in [2.45, 2.75) is 19.4 Å². The first kappa shape index (κ1) is 18.5. The largest absolute Gasteiger partial charge is 0.483 e. The van der Waals surface area contributed by atoms with E-state index in [1.807, 2.05) is 12.3 Å². The van der Waals surface area contributed by atoms with Crippen LogP contribution >= 0.6 is 11.3 Å². The quantitative estimate of drug-likeness (QED) is 0.748. The van der Waals surface area contributed by atoms with Crippen molar-refractivity contribution in [1.82, 2.24) is 20.1 Å². The zero-order chi connectivity index (χ0) is 16.4. The number of likely N-dealkylation sites (N-methyl/N-ethyl adjacent to an activating group) is 1. The van der Waals surface area contributed by atoms with Gasteiger partial charge >= 0.3 is 0 Å². The standard InChI is InChI=1S/C13H22N4OS.CH2O2/c1-11(17-8-6-16(2)7-9-17)13(18)15-4-3-12-14-5-10-19-12;2-1-3/h5,10-11H,3-4,6-9H2,1-2H3,(H,15,18);1H,(H,2,3). The molecule has 0 saturated carbocycles. The van der Waals surface area contributed by atoms with E-state index in [4.69, 9.17) is 9.90 Å². The maximum absolute atomic E-state index is 12.1. The summed E-state index contributed by atoms with van der Waals surface area (Å²) in [4.78, 5) is 29.2. The Morgan fingerprint density at radius 2 is 2.14 bits per heavy atom. The predicted octanol–water partition coefficient (Wildman–Crippen LogP) is 0.139. The molecule has 1 aliphatic rings. The number of thiazole rings is 1. The molecule has 22 heavy (non-hydrogen) atoms. The van der Waals surface area contributed by atoms with Crippen LogP contribution in [0.2, 0.25) is 0 Å². The lowest BCUT2D eigenvalue weighted by Gasteiger charge is -2.35. The predicted molar refractivity (Wildman–Crippen MR) is 86.1 cm³/mol. The van der Waals surface area contributed by atoms with Crippen LogP contribution in [0.15, 0.2) is 11.6 Å². The number of rotatable bonds is 5. The van der Waals surface area contributed by atoms with Crippen LogP contribution in [0, 0.1) is 0 Å². The lowest BCUT2D eigenvalue weighted by molar-refractivity contribution is -0.126. The van der Waals surface area contributed by atoms with Gasteiger partial charge in [-0.05, 0) is 14.0 Å². The lowest BCUT2D eigenvalue weighted by Crippen LogP contribution is -2.53. The molecule has 1 aromatic rings. The van der Waals surface area contributed by atoms with Crippen molar-refractivity contribution in [3.8, 4) is 0 Å². The van der Waals surface area contributed by atoms with Crippen molar-refractivity contribution in [2.24, 2.45) is 0 Å². The van der Waals surface area contributed by atoms with Gasteiger partial charge in [0.05, 0.1) is 11.0 Å². The zero-order valence-electron chi connectivity index (χ0n) is 13.1. The van der Waals surface area contributed by atoms with Crippen LogP contribution in [0.25, 0.3) is 0 Å². The first-order chi connectivity index (χ1) is 10.6. The molecule has 2 N–H and O–H groups in total. The third-order valence-electron chi connectivity index (χ3n) is 3.59. The Labute approximate surface area is 134 Å². The number of carboxylic acid groups (broad SMARTS) is 1. The number of hydrogen-bond donors (Lipinski definition) is 2. The molecule has 8 heteroatoms. The highest BCUT2D eigenvalue weighted by molar-refractivity contribution is 7.09. The normalized spacial score (nSPS) is 17.2. The van der Waals surface area contributed by atoms with E-state index >= 15 is 0 Å². The average Bonchev–Trinajstić information content (AvgIpc) is 3.01. The van der Waals surface area contributed by atoms with Crippen molar-refractivity contribution in [3.63, 3.8) is 0 Å². The number of amides is 1. The van der Waals surface area contributed by atoms with Gasteiger partial charge in [0.1, 0.15) is 0 Å². The molecule has 1 unspecified atom stereocenters. The number of hydrogen-bond acceptors (Lipinski definition) is 6. The van der Waals surface area contributed by atoms with Crippen LogP contribution in [-0.4, -0.2) is 78.1 Å². The molecule has 1 aromatic heterocycles. The molecule has 0 aromatic carbocycles. The third kappa shape index (κ3) is 6.50. The van der Waals surface area contributed by atoms with Gasteiger partial charge in [-0.3, -0.25) is 14.5 Å². The van der Waals surface area contributed by atoms with Crippen molar-refractivity contribution >= 4 is 23.7 Å². The summed E-state index contributed by atoms with van der Waals surface area (Å²) in [5.74, 6) is 0.126. The molecule has 0 spiro atoms. The molecule has 1 atom stereocenters. The topological polar surface area (TPSA) is 85.8 Å². The molecular weight excluding hydrogens is 304 g/mol. The Kier molecular flexibility index (Phi) is 8.64. The highest BCUT2D eigenvalue weighted by Gasteiger charge is 2.23. The van der Waals surface area contributed by atoms with Crippen LogP contribution in [0.1, 0.15) is 11.9 Å². The van der Waals surface area contributed by atoms with Crippen molar-refractivity contribution in [1.29, 1.82) is 0 Å². The number of carbonyl (C=O) groups is 2. The summed E-state index contributed by atoms with van der Waals surface area (Å²) in [5, 5.41) is 12.9. The molecule has 0 bridgehead atoms. The van der Waals surface area contributed by atoms with Gasteiger partial charge in [0.15, 0.2) is 0 Å². The lowest BCUT2D eigenvalue weighted by atomic mass is 10.2. The minimum atomic E-state index is -0.250. The Morgan fingerprint density at radius 1 is 1.50 bits per heavy atom. The van der Waals surface area contributed by atoms with Gasteiger partial charge in [0.25, 0.3) is 6.47 Å². The minimum Gasteiger partial charge on any atom is -0.483 e. The molecule has 1 aliphatic heterocycles. The SMILES string of the molecule is CC(C(=O)NCCc1nccs1)N1CCN(C)CC1.O=CO. The molecule has 7 nitrogen and oxygen atoms in total. The van der Waals surface area contributed by atoms with Crippen LogP contribution in [0.5, 0.6) is 0 Å². The number of nitrogens with zero attached hydrogens (tertiary/aromatic N) is 3. The van der Waals surface area contributed by atoms with E-state index in [9.17, 15) is 4.79 Å². The van der Waals surface area contributed by atoms with Gasteiger partial charge in [0.2, 0.25) is 5.91 Å². The summed E-state index contributed by atoms with van der Waals surface area (Å²) < 4.78 is 0. The van der Waals surface area contributed by atoms with Crippen LogP contribution in [-0.2, 0) is 16.0 Å². The smallest absolute Gasteiger partial charge is 0.290 e. The molecule has 2 heterocycles. The fourth-order valence-electron chi connectivity index (χ4n) is 2.19. The number of nitrogens with one attached hydrogen (secondary N) is 1. The van der Waals surface area contributed by atoms with E-state index < -0.39 is 0 Å². The van der Waals surface area contributed by atoms with E-state index in [0.29, 0.717) is 6.54 Å². The second kappa shape index (κ2) is 10.3. The highest BCUT2D eigenvalue weighted by atomic mass is 32.1. The molecular formula is C14H24N4O3S. The van der Waals surface area contributed by atoms with Gasteiger partial charge in [-0.15, -0.1) is 11.3 Å². The monoisotopic (exact) mass is 328 g/mol. The first-order valence-electron chi connectivity index (χ1n) is 7.25. The maximum Gasteiger partial charge on any atom is 0.290 e. The van der Waals surface area contributed by atoms with Crippen molar-refractivity contribution < 1.29 is 14.7 Å². The van der Waals surface area contributed by atoms with E-state index in [0.717, 1.165) is 37.6 Å². The third-order valence-corrected chi connectivity index (χ3v) is 4.43. The molecule has 1 amide bonds. The summed E-state index contributed by atoms with van der Waals surface area (Å²) in [5.41, 5.74) is 0.